The number of fused-ring (bicyclic) bond motifs is 1. The first-order valence-electron chi connectivity index (χ1n) is 8.91. The van der Waals surface area contributed by atoms with Crippen LogP contribution in [0.5, 0.6) is 11.5 Å². The molecule has 0 fully saturated rings. The molecule has 138 valence electrons. The van der Waals surface area contributed by atoms with Gasteiger partial charge in [0, 0.05) is 35.8 Å². The van der Waals surface area contributed by atoms with E-state index in [0.29, 0.717) is 23.9 Å². The van der Waals surface area contributed by atoms with Gasteiger partial charge in [-0.15, -0.1) is 0 Å². The Labute approximate surface area is 161 Å². The fraction of sp³-hybridized carbons (Fsp3) is 0.0952. The minimum atomic E-state index is 0.245. The molecule has 2 aromatic heterocycles. The predicted octanol–water partition coefficient (Wildman–Crippen LogP) is 3.87. The van der Waals surface area contributed by atoms with Gasteiger partial charge in [-0.3, -0.25) is 10.1 Å². The molecule has 0 saturated carbocycles. The quantitative estimate of drug-likeness (QED) is 0.554. The molecule has 0 spiro atoms. The lowest BCUT2D eigenvalue weighted by atomic mass is 10.1. The lowest BCUT2D eigenvalue weighted by Crippen LogP contribution is -2.01. The highest BCUT2D eigenvalue weighted by atomic mass is 16.7. The molecule has 7 heteroatoms. The summed E-state index contributed by atoms with van der Waals surface area (Å²) in [7, 11) is 0. The second-order valence-corrected chi connectivity index (χ2v) is 6.33. The summed E-state index contributed by atoms with van der Waals surface area (Å²) in [6.45, 7) is 0.942. The number of benzene rings is 2. The Kier molecular flexibility index (Phi) is 4.10. The Hall–Kier alpha value is -3.87. The van der Waals surface area contributed by atoms with E-state index in [9.17, 15) is 0 Å². The van der Waals surface area contributed by atoms with Gasteiger partial charge in [-0.1, -0.05) is 12.1 Å². The summed E-state index contributed by atoms with van der Waals surface area (Å²) >= 11 is 0. The van der Waals surface area contributed by atoms with Crippen LogP contribution >= 0.6 is 0 Å². The van der Waals surface area contributed by atoms with Crippen LogP contribution in [0.1, 0.15) is 5.56 Å². The van der Waals surface area contributed by atoms with Crippen molar-refractivity contribution in [2.24, 2.45) is 0 Å². The molecule has 3 heterocycles. The number of aromatic amines is 1. The van der Waals surface area contributed by atoms with Crippen LogP contribution in [0, 0.1) is 0 Å². The third-order valence-electron chi connectivity index (χ3n) is 4.53. The number of H-pyrrole nitrogens is 1. The summed E-state index contributed by atoms with van der Waals surface area (Å²) in [6, 6.07) is 17.7. The Morgan fingerprint density at radius 3 is 2.75 bits per heavy atom. The van der Waals surface area contributed by atoms with Crippen molar-refractivity contribution in [2.45, 2.75) is 6.54 Å². The van der Waals surface area contributed by atoms with E-state index in [0.717, 1.165) is 28.1 Å². The number of anilines is 1. The summed E-state index contributed by atoms with van der Waals surface area (Å²) in [4.78, 5) is 8.73. The SMILES string of the molecule is c1ccc(-c2nc(-c3ccc4c(c3)OCO4)n[nH]2)c(NCc2ccncc2)c1. The zero-order valence-electron chi connectivity index (χ0n) is 14.9. The molecule has 0 saturated heterocycles. The molecule has 0 radical (unpaired) electrons. The van der Waals surface area contributed by atoms with Crippen LogP contribution in [0.25, 0.3) is 22.8 Å². The minimum absolute atomic E-state index is 0.245. The molecule has 0 aliphatic carbocycles. The maximum absolute atomic E-state index is 5.44. The zero-order chi connectivity index (χ0) is 18.8. The maximum atomic E-state index is 5.44. The normalized spacial score (nSPS) is 12.1. The van der Waals surface area contributed by atoms with Crippen molar-refractivity contribution < 1.29 is 9.47 Å². The van der Waals surface area contributed by atoms with E-state index >= 15 is 0 Å². The molecule has 2 N–H and O–H groups in total. The van der Waals surface area contributed by atoms with Gasteiger partial charge in [-0.2, -0.15) is 5.10 Å². The second kappa shape index (κ2) is 7.03. The minimum Gasteiger partial charge on any atom is -0.454 e. The zero-order valence-corrected chi connectivity index (χ0v) is 14.9. The van der Waals surface area contributed by atoms with Gasteiger partial charge in [-0.05, 0) is 48.0 Å². The third-order valence-corrected chi connectivity index (χ3v) is 4.53. The summed E-state index contributed by atoms with van der Waals surface area (Å²) < 4.78 is 10.8. The van der Waals surface area contributed by atoms with E-state index in [2.05, 4.69) is 25.5 Å². The van der Waals surface area contributed by atoms with Gasteiger partial charge in [0.1, 0.15) is 0 Å². The molecule has 0 amide bonds. The Morgan fingerprint density at radius 1 is 0.964 bits per heavy atom. The first-order valence-corrected chi connectivity index (χ1v) is 8.91. The molecule has 2 aromatic carbocycles. The molecule has 4 aromatic rings. The van der Waals surface area contributed by atoms with E-state index in [-0.39, 0.29) is 6.79 Å². The monoisotopic (exact) mass is 371 g/mol. The van der Waals surface area contributed by atoms with Crippen molar-refractivity contribution in [3.63, 3.8) is 0 Å². The van der Waals surface area contributed by atoms with E-state index in [4.69, 9.17) is 9.47 Å². The van der Waals surface area contributed by atoms with Gasteiger partial charge < -0.3 is 14.8 Å². The third kappa shape index (κ3) is 3.14. The van der Waals surface area contributed by atoms with Crippen molar-refractivity contribution in [1.82, 2.24) is 20.2 Å². The topological polar surface area (TPSA) is 85.0 Å². The molecular weight excluding hydrogens is 354 g/mol. The van der Waals surface area contributed by atoms with Crippen molar-refractivity contribution in [1.29, 1.82) is 0 Å². The van der Waals surface area contributed by atoms with Gasteiger partial charge >= 0.3 is 0 Å². The number of rotatable bonds is 5. The molecule has 5 rings (SSSR count). The molecule has 1 aliphatic heterocycles. The Bertz CT molecular complexity index is 1110. The largest absolute Gasteiger partial charge is 0.454 e. The van der Waals surface area contributed by atoms with Gasteiger partial charge in [0.2, 0.25) is 6.79 Å². The number of hydrogen-bond donors (Lipinski definition) is 2. The van der Waals surface area contributed by atoms with E-state index < -0.39 is 0 Å². The number of nitrogens with one attached hydrogen (secondary N) is 2. The molecule has 0 bridgehead atoms. The van der Waals surface area contributed by atoms with Gasteiger partial charge in [-0.25, -0.2) is 4.98 Å². The van der Waals surface area contributed by atoms with Crippen molar-refractivity contribution in [3.8, 4) is 34.3 Å². The number of aromatic nitrogens is 4. The highest BCUT2D eigenvalue weighted by Gasteiger charge is 2.16. The van der Waals surface area contributed by atoms with Gasteiger partial charge in [0.05, 0.1) is 0 Å². The highest BCUT2D eigenvalue weighted by molar-refractivity contribution is 5.74. The summed E-state index contributed by atoms with van der Waals surface area (Å²) in [5.41, 5.74) is 3.96. The molecule has 0 atom stereocenters. The van der Waals surface area contributed by atoms with Crippen molar-refractivity contribution >= 4 is 5.69 Å². The lowest BCUT2D eigenvalue weighted by Gasteiger charge is -2.10. The lowest BCUT2D eigenvalue weighted by molar-refractivity contribution is 0.174. The van der Waals surface area contributed by atoms with E-state index in [1.165, 1.54) is 0 Å². The Balaban J connectivity index is 1.41. The summed E-state index contributed by atoms with van der Waals surface area (Å²) in [5, 5.41) is 10.9. The molecule has 28 heavy (non-hydrogen) atoms. The van der Waals surface area contributed by atoms with E-state index in [1.807, 2.05) is 54.6 Å². The van der Waals surface area contributed by atoms with Gasteiger partial charge in [0.25, 0.3) is 0 Å². The highest BCUT2D eigenvalue weighted by Crippen LogP contribution is 2.35. The average molecular weight is 371 g/mol. The molecule has 0 unspecified atom stereocenters. The van der Waals surface area contributed by atoms with Crippen LogP contribution in [0.4, 0.5) is 5.69 Å². The predicted molar refractivity (Wildman–Crippen MR) is 105 cm³/mol. The van der Waals surface area contributed by atoms with Crippen LogP contribution in [-0.4, -0.2) is 27.0 Å². The van der Waals surface area contributed by atoms with Crippen molar-refractivity contribution in [2.75, 3.05) is 12.1 Å². The van der Waals surface area contributed by atoms with Crippen LogP contribution in [0.2, 0.25) is 0 Å². The number of nitrogens with zero attached hydrogens (tertiary/aromatic N) is 3. The standard InChI is InChI=1S/C21H17N5O2/c1-2-4-17(23-12-14-7-9-22-10-8-14)16(3-1)21-24-20(25-26-21)15-5-6-18-19(11-15)28-13-27-18/h1-11,23H,12-13H2,(H,24,25,26). The number of para-hydroxylation sites is 1. The summed E-state index contributed by atoms with van der Waals surface area (Å²) in [5.74, 6) is 2.76. The fourth-order valence-electron chi connectivity index (χ4n) is 3.09. The van der Waals surface area contributed by atoms with Crippen LogP contribution in [0.3, 0.4) is 0 Å². The van der Waals surface area contributed by atoms with Gasteiger partial charge in [0.15, 0.2) is 23.1 Å². The van der Waals surface area contributed by atoms with Crippen LogP contribution < -0.4 is 14.8 Å². The average Bonchev–Trinajstić information content (AvgIpc) is 3.42. The molecule has 7 nitrogen and oxygen atoms in total. The smallest absolute Gasteiger partial charge is 0.231 e. The first-order chi connectivity index (χ1) is 13.9. The number of pyridine rings is 1. The Morgan fingerprint density at radius 2 is 1.82 bits per heavy atom. The molecule has 1 aliphatic rings. The second-order valence-electron chi connectivity index (χ2n) is 6.33. The first kappa shape index (κ1) is 16.3. The molecular formula is C21H17N5O2. The van der Waals surface area contributed by atoms with Crippen molar-refractivity contribution in [3.05, 3.63) is 72.6 Å². The fourth-order valence-corrected chi connectivity index (χ4v) is 3.09. The number of ether oxygens (including phenoxy) is 2. The number of hydrogen-bond acceptors (Lipinski definition) is 6. The maximum Gasteiger partial charge on any atom is 0.231 e. The van der Waals surface area contributed by atoms with Crippen LogP contribution in [0.15, 0.2) is 67.0 Å². The summed E-state index contributed by atoms with van der Waals surface area (Å²) in [6.07, 6.45) is 3.58. The van der Waals surface area contributed by atoms with Crippen LogP contribution in [-0.2, 0) is 6.54 Å². The van der Waals surface area contributed by atoms with E-state index in [1.54, 1.807) is 12.4 Å².